The molecule has 0 spiro atoms. The SMILES string of the molecule is CCC(=O)Nc1c(-c2ccccn2)nsc1C(=O)N[C@@H](C)CC. The number of aromatic nitrogens is 2. The lowest BCUT2D eigenvalue weighted by Crippen LogP contribution is -2.32. The molecule has 6 nitrogen and oxygen atoms in total. The summed E-state index contributed by atoms with van der Waals surface area (Å²) in [5.74, 6) is -0.398. The Morgan fingerprint density at radius 2 is 2.09 bits per heavy atom. The largest absolute Gasteiger partial charge is 0.349 e. The summed E-state index contributed by atoms with van der Waals surface area (Å²) in [4.78, 5) is 28.9. The van der Waals surface area contributed by atoms with E-state index in [9.17, 15) is 9.59 Å². The molecule has 0 fully saturated rings. The summed E-state index contributed by atoms with van der Waals surface area (Å²) in [5, 5.41) is 5.69. The van der Waals surface area contributed by atoms with Crippen molar-refractivity contribution in [3.63, 3.8) is 0 Å². The topological polar surface area (TPSA) is 84.0 Å². The van der Waals surface area contributed by atoms with Crippen LogP contribution < -0.4 is 10.6 Å². The number of rotatable bonds is 6. The third-order valence-electron chi connectivity index (χ3n) is 3.38. The van der Waals surface area contributed by atoms with Crippen molar-refractivity contribution in [1.82, 2.24) is 14.7 Å². The van der Waals surface area contributed by atoms with Gasteiger partial charge >= 0.3 is 0 Å². The van der Waals surface area contributed by atoms with E-state index in [4.69, 9.17) is 0 Å². The van der Waals surface area contributed by atoms with Gasteiger partial charge in [-0.15, -0.1) is 0 Å². The Labute approximate surface area is 139 Å². The van der Waals surface area contributed by atoms with Crippen molar-refractivity contribution in [3.05, 3.63) is 29.3 Å². The van der Waals surface area contributed by atoms with Gasteiger partial charge in [0.05, 0.1) is 11.4 Å². The number of hydrogen-bond donors (Lipinski definition) is 2. The summed E-state index contributed by atoms with van der Waals surface area (Å²) in [5.41, 5.74) is 1.57. The maximum atomic E-state index is 12.4. The van der Waals surface area contributed by atoms with E-state index < -0.39 is 0 Å². The predicted octanol–water partition coefficient (Wildman–Crippen LogP) is 3.08. The lowest BCUT2D eigenvalue weighted by Gasteiger charge is -2.12. The van der Waals surface area contributed by atoms with Crippen molar-refractivity contribution in [1.29, 1.82) is 0 Å². The number of anilines is 1. The third-order valence-corrected chi connectivity index (χ3v) is 4.23. The summed E-state index contributed by atoms with van der Waals surface area (Å²) in [7, 11) is 0. The Morgan fingerprint density at radius 3 is 2.70 bits per heavy atom. The van der Waals surface area contributed by atoms with E-state index in [-0.39, 0.29) is 17.9 Å². The number of nitrogens with zero attached hydrogens (tertiary/aromatic N) is 2. The molecule has 2 aromatic heterocycles. The monoisotopic (exact) mass is 332 g/mol. The molecule has 0 aliphatic heterocycles. The quantitative estimate of drug-likeness (QED) is 0.851. The van der Waals surface area contributed by atoms with E-state index in [1.54, 1.807) is 25.3 Å². The minimum Gasteiger partial charge on any atom is -0.349 e. The summed E-state index contributed by atoms with van der Waals surface area (Å²) >= 11 is 1.07. The maximum absolute atomic E-state index is 12.4. The average molecular weight is 332 g/mol. The highest BCUT2D eigenvalue weighted by Crippen LogP contribution is 2.32. The normalized spacial score (nSPS) is 11.8. The van der Waals surface area contributed by atoms with Crippen molar-refractivity contribution in [3.8, 4) is 11.4 Å². The molecular formula is C16H20N4O2S. The molecule has 2 amide bonds. The van der Waals surface area contributed by atoms with Crippen LogP contribution in [0.5, 0.6) is 0 Å². The highest BCUT2D eigenvalue weighted by Gasteiger charge is 2.23. The van der Waals surface area contributed by atoms with E-state index >= 15 is 0 Å². The molecule has 0 unspecified atom stereocenters. The van der Waals surface area contributed by atoms with Crippen LogP contribution in [0.1, 0.15) is 43.3 Å². The lowest BCUT2D eigenvalue weighted by atomic mass is 10.2. The number of nitrogens with one attached hydrogen (secondary N) is 2. The van der Waals surface area contributed by atoms with Crippen LogP contribution >= 0.6 is 11.5 Å². The van der Waals surface area contributed by atoms with Crippen LogP contribution in [-0.2, 0) is 4.79 Å². The van der Waals surface area contributed by atoms with Crippen LogP contribution in [0.15, 0.2) is 24.4 Å². The fourth-order valence-electron chi connectivity index (χ4n) is 1.86. The molecule has 122 valence electrons. The third kappa shape index (κ3) is 4.13. The van der Waals surface area contributed by atoms with Gasteiger partial charge in [-0.1, -0.05) is 19.9 Å². The molecule has 2 heterocycles. The molecule has 0 radical (unpaired) electrons. The summed E-state index contributed by atoms with van der Waals surface area (Å²) in [6.45, 7) is 5.69. The number of hydrogen-bond acceptors (Lipinski definition) is 5. The fourth-order valence-corrected chi connectivity index (χ4v) is 2.61. The second-order valence-corrected chi connectivity index (χ2v) is 5.91. The van der Waals surface area contributed by atoms with Crippen molar-refractivity contribution in [2.75, 3.05) is 5.32 Å². The van der Waals surface area contributed by atoms with Crippen LogP contribution in [0, 0.1) is 0 Å². The van der Waals surface area contributed by atoms with Crippen LogP contribution in [0.3, 0.4) is 0 Å². The first-order valence-corrected chi connectivity index (χ1v) is 8.35. The molecule has 2 N–H and O–H groups in total. The zero-order valence-electron chi connectivity index (χ0n) is 13.4. The zero-order chi connectivity index (χ0) is 16.8. The molecule has 2 rings (SSSR count). The van der Waals surface area contributed by atoms with Gasteiger partial charge in [-0.25, -0.2) is 0 Å². The van der Waals surface area contributed by atoms with Gasteiger partial charge in [-0.3, -0.25) is 14.6 Å². The Hall–Kier alpha value is -2.28. The van der Waals surface area contributed by atoms with Gasteiger partial charge in [0, 0.05) is 18.7 Å². The zero-order valence-corrected chi connectivity index (χ0v) is 14.2. The number of pyridine rings is 1. The molecule has 0 aliphatic carbocycles. The molecule has 2 aromatic rings. The van der Waals surface area contributed by atoms with Gasteiger partial charge in [0.1, 0.15) is 10.6 Å². The molecule has 7 heteroatoms. The van der Waals surface area contributed by atoms with E-state index in [0.717, 1.165) is 18.0 Å². The lowest BCUT2D eigenvalue weighted by molar-refractivity contribution is -0.115. The van der Waals surface area contributed by atoms with Crippen LogP contribution in [0.4, 0.5) is 5.69 Å². The Balaban J connectivity index is 2.41. The van der Waals surface area contributed by atoms with Crippen LogP contribution in [-0.4, -0.2) is 27.2 Å². The molecule has 23 heavy (non-hydrogen) atoms. The first-order valence-electron chi connectivity index (χ1n) is 7.58. The number of carbonyl (C=O) groups is 2. The molecule has 0 aromatic carbocycles. The Kier molecular flexibility index (Phi) is 5.81. The van der Waals surface area contributed by atoms with E-state index in [2.05, 4.69) is 20.0 Å². The van der Waals surface area contributed by atoms with Crippen molar-refractivity contribution >= 4 is 29.0 Å². The smallest absolute Gasteiger partial charge is 0.265 e. The Morgan fingerprint density at radius 1 is 1.30 bits per heavy atom. The van der Waals surface area contributed by atoms with Crippen molar-refractivity contribution < 1.29 is 9.59 Å². The van der Waals surface area contributed by atoms with Gasteiger partial charge in [0.25, 0.3) is 5.91 Å². The maximum Gasteiger partial charge on any atom is 0.265 e. The van der Waals surface area contributed by atoms with Gasteiger partial charge < -0.3 is 10.6 Å². The van der Waals surface area contributed by atoms with E-state index in [1.165, 1.54) is 0 Å². The first-order chi connectivity index (χ1) is 11.1. The Bertz CT molecular complexity index is 685. The predicted molar refractivity (Wildman–Crippen MR) is 91.5 cm³/mol. The van der Waals surface area contributed by atoms with Crippen LogP contribution in [0.2, 0.25) is 0 Å². The summed E-state index contributed by atoms with van der Waals surface area (Å²) < 4.78 is 4.33. The molecule has 1 atom stereocenters. The highest BCUT2D eigenvalue weighted by molar-refractivity contribution is 7.09. The van der Waals surface area contributed by atoms with Crippen molar-refractivity contribution in [2.45, 2.75) is 39.7 Å². The van der Waals surface area contributed by atoms with Crippen molar-refractivity contribution in [2.24, 2.45) is 0 Å². The summed E-state index contributed by atoms with van der Waals surface area (Å²) in [6.07, 6.45) is 2.80. The van der Waals surface area contributed by atoms with Gasteiger partial charge in [0.15, 0.2) is 0 Å². The van der Waals surface area contributed by atoms with E-state index in [0.29, 0.717) is 28.4 Å². The highest BCUT2D eigenvalue weighted by atomic mass is 32.1. The molecule has 0 saturated carbocycles. The number of amides is 2. The minimum absolute atomic E-state index is 0.0534. The first kappa shape index (κ1) is 17.1. The van der Waals surface area contributed by atoms with Gasteiger partial charge in [0.2, 0.25) is 5.91 Å². The molecular weight excluding hydrogens is 312 g/mol. The summed E-state index contributed by atoms with van der Waals surface area (Å²) in [6, 6.07) is 5.49. The van der Waals surface area contributed by atoms with Gasteiger partial charge in [-0.2, -0.15) is 4.37 Å². The van der Waals surface area contributed by atoms with Crippen LogP contribution in [0.25, 0.3) is 11.4 Å². The minimum atomic E-state index is -0.231. The molecule has 0 saturated heterocycles. The van der Waals surface area contributed by atoms with E-state index in [1.807, 2.05) is 19.9 Å². The molecule has 0 aliphatic rings. The second kappa shape index (κ2) is 7.82. The van der Waals surface area contributed by atoms with Gasteiger partial charge in [-0.05, 0) is 37.0 Å². The fraction of sp³-hybridized carbons (Fsp3) is 0.375. The standard InChI is InChI=1S/C16H20N4O2S/c1-4-10(3)18-16(22)15-14(19-12(21)5-2)13(20-23-15)11-8-6-7-9-17-11/h6-10H,4-5H2,1-3H3,(H,18,22)(H,19,21)/t10-/m0/s1. The average Bonchev–Trinajstić information content (AvgIpc) is 2.98. The number of carbonyl (C=O) groups excluding carboxylic acids is 2. The molecule has 0 bridgehead atoms. The second-order valence-electron chi connectivity index (χ2n) is 5.13.